The second-order valence-corrected chi connectivity index (χ2v) is 5.05. The average Bonchev–Trinajstić information content (AvgIpc) is 2.62. The van der Waals surface area contributed by atoms with Gasteiger partial charge < -0.3 is 15.4 Å². The molecule has 2 rings (SSSR count). The predicted octanol–water partition coefficient (Wildman–Crippen LogP) is 2.48. The number of benzene rings is 1. The van der Waals surface area contributed by atoms with Gasteiger partial charge in [-0.3, -0.25) is 9.98 Å². The molecule has 0 atom stereocenters. The monoisotopic (exact) mass is 312 g/mol. The molecule has 23 heavy (non-hydrogen) atoms. The van der Waals surface area contributed by atoms with E-state index in [0.29, 0.717) is 13.2 Å². The number of aliphatic imine (C=N–C) groups is 1. The Hall–Kier alpha value is -2.40. The van der Waals surface area contributed by atoms with Crippen molar-refractivity contribution in [2.24, 2.45) is 4.99 Å². The molecular weight excluding hydrogens is 288 g/mol. The zero-order chi connectivity index (χ0) is 16.3. The molecule has 1 aromatic heterocycles. The fourth-order valence-corrected chi connectivity index (χ4v) is 2.06. The van der Waals surface area contributed by atoms with Gasteiger partial charge in [-0.05, 0) is 30.2 Å². The number of rotatable bonds is 7. The van der Waals surface area contributed by atoms with Gasteiger partial charge in [0, 0.05) is 26.4 Å². The minimum atomic E-state index is 0.647. The van der Waals surface area contributed by atoms with Gasteiger partial charge in [-0.1, -0.05) is 30.3 Å². The molecule has 0 aliphatic carbocycles. The van der Waals surface area contributed by atoms with Crippen molar-refractivity contribution in [2.45, 2.75) is 26.6 Å². The van der Waals surface area contributed by atoms with Crippen molar-refractivity contribution >= 4 is 5.96 Å². The lowest BCUT2D eigenvalue weighted by Crippen LogP contribution is -2.36. The Morgan fingerprint density at radius 3 is 2.43 bits per heavy atom. The van der Waals surface area contributed by atoms with Crippen LogP contribution in [0, 0.1) is 0 Å². The molecule has 5 heteroatoms. The first-order valence-corrected chi connectivity index (χ1v) is 7.81. The number of aromatic nitrogens is 1. The summed E-state index contributed by atoms with van der Waals surface area (Å²) in [4.78, 5) is 8.50. The molecular formula is C18H24N4O. The highest BCUT2D eigenvalue weighted by Crippen LogP contribution is 2.05. The molecule has 1 aromatic carbocycles. The van der Waals surface area contributed by atoms with Crippen molar-refractivity contribution in [2.75, 3.05) is 13.7 Å². The molecule has 0 fully saturated rings. The first kappa shape index (κ1) is 17.0. The van der Waals surface area contributed by atoms with Crippen LogP contribution in [0.15, 0.2) is 53.7 Å². The maximum absolute atomic E-state index is 5.40. The van der Waals surface area contributed by atoms with Gasteiger partial charge in [0.15, 0.2) is 5.96 Å². The number of ether oxygens (including phenoxy) is 1. The molecule has 0 unspecified atom stereocenters. The number of pyridine rings is 1. The molecule has 0 bridgehead atoms. The average molecular weight is 312 g/mol. The molecule has 2 N–H and O–H groups in total. The topological polar surface area (TPSA) is 58.5 Å². The molecule has 0 aliphatic rings. The summed E-state index contributed by atoms with van der Waals surface area (Å²) in [6.45, 7) is 4.77. The fourth-order valence-electron chi connectivity index (χ4n) is 2.06. The van der Waals surface area contributed by atoms with Gasteiger partial charge in [-0.2, -0.15) is 0 Å². The number of guanidine groups is 1. The van der Waals surface area contributed by atoms with Gasteiger partial charge in [-0.15, -0.1) is 0 Å². The molecule has 0 amide bonds. The summed E-state index contributed by atoms with van der Waals surface area (Å²) >= 11 is 0. The highest BCUT2D eigenvalue weighted by atomic mass is 16.5. The highest BCUT2D eigenvalue weighted by molar-refractivity contribution is 5.79. The van der Waals surface area contributed by atoms with Gasteiger partial charge in [0.05, 0.1) is 18.8 Å². The first-order chi connectivity index (χ1) is 11.3. The van der Waals surface area contributed by atoms with Crippen molar-refractivity contribution in [3.05, 3.63) is 65.5 Å². The van der Waals surface area contributed by atoms with E-state index in [1.165, 1.54) is 11.1 Å². The van der Waals surface area contributed by atoms with Crippen molar-refractivity contribution in [1.29, 1.82) is 0 Å². The van der Waals surface area contributed by atoms with Crippen LogP contribution in [0.1, 0.15) is 23.7 Å². The lowest BCUT2D eigenvalue weighted by Gasteiger charge is -2.12. The van der Waals surface area contributed by atoms with Gasteiger partial charge in [-0.25, -0.2) is 0 Å². The number of nitrogens with zero attached hydrogens (tertiary/aromatic N) is 2. The quantitative estimate of drug-likeness (QED) is 0.609. The zero-order valence-corrected chi connectivity index (χ0v) is 13.7. The molecule has 122 valence electrons. The van der Waals surface area contributed by atoms with Crippen molar-refractivity contribution in [3.8, 4) is 0 Å². The molecule has 5 nitrogen and oxygen atoms in total. The third-order valence-electron chi connectivity index (χ3n) is 3.34. The number of hydrogen-bond donors (Lipinski definition) is 2. The minimum Gasteiger partial charge on any atom is -0.377 e. The predicted molar refractivity (Wildman–Crippen MR) is 93.0 cm³/mol. The SMILES string of the molecule is CCOCc1ccc(CNC(=NC)NCc2ccccn2)cc1. The number of hydrogen-bond acceptors (Lipinski definition) is 3. The van der Waals surface area contributed by atoms with Crippen LogP contribution in [-0.4, -0.2) is 24.6 Å². The molecule has 0 saturated heterocycles. The smallest absolute Gasteiger partial charge is 0.191 e. The second kappa shape index (κ2) is 9.58. The maximum Gasteiger partial charge on any atom is 0.191 e. The summed E-state index contributed by atoms with van der Waals surface area (Å²) in [6.07, 6.45) is 1.79. The van der Waals surface area contributed by atoms with E-state index in [1.807, 2.05) is 25.1 Å². The van der Waals surface area contributed by atoms with Crippen LogP contribution in [0.5, 0.6) is 0 Å². The summed E-state index contributed by atoms with van der Waals surface area (Å²) in [5.41, 5.74) is 3.37. The van der Waals surface area contributed by atoms with Crippen molar-refractivity contribution < 1.29 is 4.74 Å². The third-order valence-corrected chi connectivity index (χ3v) is 3.34. The van der Waals surface area contributed by atoms with E-state index in [4.69, 9.17) is 4.74 Å². The van der Waals surface area contributed by atoms with E-state index in [9.17, 15) is 0 Å². The van der Waals surface area contributed by atoms with E-state index < -0.39 is 0 Å². The summed E-state index contributed by atoms with van der Waals surface area (Å²) in [6, 6.07) is 14.3. The molecule has 0 saturated carbocycles. The van der Waals surface area contributed by atoms with Crippen molar-refractivity contribution in [1.82, 2.24) is 15.6 Å². The Morgan fingerprint density at radius 2 is 1.78 bits per heavy atom. The largest absolute Gasteiger partial charge is 0.377 e. The zero-order valence-electron chi connectivity index (χ0n) is 13.7. The third kappa shape index (κ3) is 6.08. The molecule has 2 aromatic rings. The van der Waals surface area contributed by atoms with Gasteiger partial charge in [0.25, 0.3) is 0 Å². The highest BCUT2D eigenvalue weighted by Gasteiger charge is 2.00. The fraction of sp³-hybridized carbons (Fsp3) is 0.333. The standard InChI is InChI=1S/C18H24N4O/c1-3-23-14-16-9-7-15(8-10-16)12-21-18(19-2)22-13-17-6-4-5-11-20-17/h4-11H,3,12-14H2,1-2H3,(H2,19,21,22). The van der Waals surface area contributed by atoms with Crippen LogP contribution in [0.2, 0.25) is 0 Å². The van der Waals surface area contributed by atoms with E-state index >= 15 is 0 Å². The Morgan fingerprint density at radius 1 is 1.04 bits per heavy atom. The molecule has 1 heterocycles. The van der Waals surface area contributed by atoms with Crippen LogP contribution in [0.4, 0.5) is 0 Å². The summed E-state index contributed by atoms with van der Waals surface area (Å²) in [7, 11) is 1.76. The summed E-state index contributed by atoms with van der Waals surface area (Å²) < 4.78 is 5.40. The lowest BCUT2D eigenvalue weighted by molar-refractivity contribution is 0.134. The Kier molecular flexibility index (Phi) is 7.07. The Balaban J connectivity index is 1.78. The normalized spacial score (nSPS) is 11.3. The minimum absolute atomic E-state index is 0.647. The van der Waals surface area contributed by atoms with Crippen LogP contribution in [0.3, 0.4) is 0 Å². The Bertz CT molecular complexity index is 596. The van der Waals surface area contributed by atoms with E-state index in [1.54, 1.807) is 13.2 Å². The van der Waals surface area contributed by atoms with Crippen LogP contribution in [0.25, 0.3) is 0 Å². The van der Waals surface area contributed by atoms with E-state index in [-0.39, 0.29) is 0 Å². The van der Waals surface area contributed by atoms with Crippen LogP contribution >= 0.6 is 0 Å². The lowest BCUT2D eigenvalue weighted by atomic mass is 10.1. The molecule has 0 spiro atoms. The van der Waals surface area contributed by atoms with Gasteiger partial charge in [0.1, 0.15) is 0 Å². The van der Waals surface area contributed by atoms with E-state index in [2.05, 4.69) is 44.9 Å². The maximum atomic E-state index is 5.40. The summed E-state index contributed by atoms with van der Waals surface area (Å²) in [5.74, 6) is 0.758. The van der Waals surface area contributed by atoms with Gasteiger partial charge in [0.2, 0.25) is 0 Å². The first-order valence-electron chi connectivity index (χ1n) is 7.81. The van der Waals surface area contributed by atoms with E-state index in [0.717, 1.165) is 24.8 Å². The molecule has 0 aliphatic heterocycles. The van der Waals surface area contributed by atoms with Crippen LogP contribution in [-0.2, 0) is 24.4 Å². The Labute approximate surface area is 137 Å². The summed E-state index contributed by atoms with van der Waals surface area (Å²) in [5, 5.41) is 6.55. The van der Waals surface area contributed by atoms with Crippen LogP contribution < -0.4 is 10.6 Å². The van der Waals surface area contributed by atoms with Crippen molar-refractivity contribution in [3.63, 3.8) is 0 Å². The number of nitrogens with one attached hydrogen (secondary N) is 2. The second-order valence-electron chi connectivity index (χ2n) is 5.05. The molecule has 0 radical (unpaired) electrons. The van der Waals surface area contributed by atoms with Gasteiger partial charge >= 0.3 is 0 Å².